The zero-order valence-electron chi connectivity index (χ0n) is 10.7. The second kappa shape index (κ2) is 5.04. The molecular formula is C14H16ClNO2. The summed E-state index contributed by atoms with van der Waals surface area (Å²) in [5.41, 5.74) is 4.62. The van der Waals surface area contributed by atoms with Crippen molar-refractivity contribution < 1.29 is 9.84 Å². The molecule has 0 spiro atoms. The second-order valence-electron chi connectivity index (χ2n) is 4.29. The van der Waals surface area contributed by atoms with E-state index in [0.717, 1.165) is 33.8 Å². The Morgan fingerprint density at radius 1 is 1.28 bits per heavy atom. The normalized spacial score (nSPS) is 10.7. The minimum atomic E-state index is 0.0181. The van der Waals surface area contributed by atoms with Crippen LogP contribution in [0.4, 0.5) is 0 Å². The first-order valence-corrected chi connectivity index (χ1v) is 6.08. The van der Waals surface area contributed by atoms with Crippen LogP contribution in [0, 0.1) is 13.8 Å². The van der Waals surface area contributed by atoms with Gasteiger partial charge in [-0.1, -0.05) is 11.6 Å². The van der Waals surface area contributed by atoms with Crippen molar-refractivity contribution in [2.75, 3.05) is 7.11 Å². The van der Waals surface area contributed by atoms with Gasteiger partial charge in [-0.05, 0) is 43.2 Å². The summed E-state index contributed by atoms with van der Waals surface area (Å²) in [5, 5.41) is 9.90. The lowest BCUT2D eigenvalue weighted by atomic mass is 10.1. The molecule has 96 valence electrons. The van der Waals surface area contributed by atoms with Crippen molar-refractivity contribution >= 4 is 11.6 Å². The molecule has 1 heterocycles. The Morgan fingerprint density at radius 3 is 2.56 bits per heavy atom. The maximum absolute atomic E-state index is 9.24. The molecule has 0 radical (unpaired) electrons. The predicted octanol–water partition coefficient (Wildman–Crippen LogP) is 3.45. The highest BCUT2D eigenvalue weighted by molar-refractivity contribution is 6.31. The van der Waals surface area contributed by atoms with Crippen molar-refractivity contribution in [3.8, 4) is 17.0 Å². The summed E-state index contributed by atoms with van der Waals surface area (Å²) < 4.78 is 5.43. The number of hydrogen-bond donors (Lipinski definition) is 2. The molecule has 0 amide bonds. The molecule has 0 aliphatic heterocycles. The third-order valence-electron chi connectivity index (χ3n) is 3.03. The second-order valence-corrected chi connectivity index (χ2v) is 4.73. The summed E-state index contributed by atoms with van der Waals surface area (Å²) >= 11 is 6.09. The van der Waals surface area contributed by atoms with E-state index in [0.29, 0.717) is 5.02 Å². The number of hydrogen-bond acceptors (Lipinski definition) is 2. The first-order chi connectivity index (χ1) is 8.56. The SMILES string of the molecule is COc1c(C)cc(Cl)cc1-c1cc(CO)c(C)[nH]1. The van der Waals surface area contributed by atoms with Gasteiger partial charge in [0.05, 0.1) is 13.7 Å². The smallest absolute Gasteiger partial charge is 0.131 e. The Bertz CT molecular complexity index is 575. The van der Waals surface area contributed by atoms with Crippen LogP contribution in [0.2, 0.25) is 5.02 Å². The van der Waals surface area contributed by atoms with Crippen molar-refractivity contribution in [2.45, 2.75) is 20.5 Å². The number of rotatable bonds is 3. The third-order valence-corrected chi connectivity index (χ3v) is 3.24. The Morgan fingerprint density at radius 2 is 2.00 bits per heavy atom. The van der Waals surface area contributed by atoms with Crippen molar-refractivity contribution in [3.05, 3.63) is 40.0 Å². The third kappa shape index (κ3) is 2.24. The van der Waals surface area contributed by atoms with E-state index >= 15 is 0 Å². The molecule has 2 N–H and O–H groups in total. The van der Waals surface area contributed by atoms with E-state index in [1.165, 1.54) is 0 Å². The number of aromatic amines is 1. The summed E-state index contributed by atoms with van der Waals surface area (Å²) in [5.74, 6) is 0.796. The molecular weight excluding hydrogens is 250 g/mol. The first kappa shape index (κ1) is 13.0. The zero-order valence-corrected chi connectivity index (χ0v) is 11.4. The number of methoxy groups -OCH3 is 1. The average molecular weight is 266 g/mol. The van der Waals surface area contributed by atoms with Crippen LogP contribution < -0.4 is 4.74 Å². The standard InChI is InChI=1S/C14H16ClNO2/c1-8-4-11(15)6-12(14(8)18-3)13-5-10(7-17)9(2)16-13/h4-6,16-17H,7H2,1-3H3. The monoisotopic (exact) mass is 265 g/mol. The van der Waals surface area contributed by atoms with Gasteiger partial charge in [-0.3, -0.25) is 0 Å². The predicted molar refractivity (Wildman–Crippen MR) is 73.2 cm³/mol. The Hall–Kier alpha value is -1.45. The number of aliphatic hydroxyl groups is 1. The van der Waals surface area contributed by atoms with Crippen LogP contribution in [-0.2, 0) is 6.61 Å². The van der Waals surface area contributed by atoms with Crippen LogP contribution in [0.25, 0.3) is 11.3 Å². The fourth-order valence-corrected chi connectivity index (χ4v) is 2.38. The van der Waals surface area contributed by atoms with E-state index in [1.54, 1.807) is 7.11 Å². The minimum Gasteiger partial charge on any atom is -0.496 e. The molecule has 3 nitrogen and oxygen atoms in total. The molecule has 4 heteroatoms. The molecule has 2 rings (SSSR count). The van der Waals surface area contributed by atoms with Crippen LogP contribution >= 0.6 is 11.6 Å². The van der Waals surface area contributed by atoms with Crippen LogP contribution in [0.1, 0.15) is 16.8 Å². The molecule has 1 aromatic carbocycles. The highest BCUT2D eigenvalue weighted by Gasteiger charge is 2.13. The summed E-state index contributed by atoms with van der Waals surface area (Å²) in [4.78, 5) is 3.24. The molecule has 0 aliphatic rings. The number of ether oxygens (including phenoxy) is 1. The molecule has 0 fully saturated rings. The molecule has 0 bridgehead atoms. The van der Waals surface area contributed by atoms with Crippen LogP contribution in [-0.4, -0.2) is 17.2 Å². The van der Waals surface area contributed by atoms with Gasteiger partial charge in [-0.2, -0.15) is 0 Å². The van der Waals surface area contributed by atoms with Gasteiger partial charge in [-0.25, -0.2) is 0 Å². The Kier molecular flexibility index (Phi) is 3.64. The number of aliphatic hydroxyl groups excluding tert-OH is 1. The van der Waals surface area contributed by atoms with E-state index in [-0.39, 0.29) is 6.61 Å². The van der Waals surface area contributed by atoms with Crippen molar-refractivity contribution in [2.24, 2.45) is 0 Å². The first-order valence-electron chi connectivity index (χ1n) is 5.70. The molecule has 0 unspecified atom stereocenters. The Labute approximate surface area is 111 Å². The fourth-order valence-electron chi connectivity index (χ4n) is 2.11. The summed E-state index contributed by atoms with van der Waals surface area (Å²) in [6.07, 6.45) is 0. The van der Waals surface area contributed by atoms with E-state index in [2.05, 4.69) is 4.98 Å². The fraction of sp³-hybridized carbons (Fsp3) is 0.286. The average Bonchev–Trinajstić information content (AvgIpc) is 2.69. The maximum Gasteiger partial charge on any atom is 0.131 e. The van der Waals surface area contributed by atoms with Gasteiger partial charge in [-0.15, -0.1) is 0 Å². The quantitative estimate of drug-likeness (QED) is 0.893. The van der Waals surface area contributed by atoms with E-state index in [9.17, 15) is 5.11 Å². The highest BCUT2D eigenvalue weighted by atomic mass is 35.5. The van der Waals surface area contributed by atoms with Crippen molar-refractivity contribution in [1.29, 1.82) is 0 Å². The van der Waals surface area contributed by atoms with Gasteiger partial charge in [0.25, 0.3) is 0 Å². The number of aromatic nitrogens is 1. The van der Waals surface area contributed by atoms with Crippen LogP contribution in [0.5, 0.6) is 5.75 Å². The van der Waals surface area contributed by atoms with Gasteiger partial charge in [0.15, 0.2) is 0 Å². The highest BCUT2D eigenvalue weighted by Crippen LogP contribution is 2.35. The van der Waals surface area contributed by atoms with Crippen LogP contribution in [0.15, 0.2) is 18.2 Å². The van der Waals surface area contributed by atoms with Gasteiger partial charge >= 0.3 is 0 Å². The number of H-pyrrole nitrogens is 1. The zero-order chi connectivity index (χ0) is 13.3. The van der Waals surface area contributed by atoms with E-state index < -0.39 is 0 Å². The molecule has 0 aliphatic carbocycles. The lowest BCUT2D eigenvalue weighted by molar-refractivity contribution is 0.281. The lowest BCUT2D eigenvalue weighted by Gasteiger charge is -2.11. The Balaban J connectivity index is 2.61. The molecule has 0 saturated heterocycles. The molecule has 18 heavy (non-hydrogen) atoms. The van der Waals surface area contributed by atoms with E-state index in [1.807, 2.05) is 32.0 Å². The molecule has 2 aromatic rings. The molecule has 0 atom stereocenters. The summed E-state index contributed by atoms with van der Waals surface area (Å²) in [6, 6.07) is 5.65. The largest absolute Gasteiger partial charge is 0.496 e. The van der Waals surface area contributed by atoms with Crippen LogP contribution in [0.3, 0.4) is 0 Å². The van der Waals surface area contributed by atoms with Crippen molar-refractivity contribution in [3.63, 3.8) is 0 Å². The number of halogens is 1. The van der Waals surface area contributed by atoms with Gasteiger partial charge in [0, 0.05) is 22.0 Å². The molecule has 1 aromatic heterocycles. The van der Waals surface area contributed by atoms with Gasteiger partial charge < -0.3 is 14.8 Å². The number of nitrogens with one attached hydrogen (secondary N) is 1. The number of aryl methyl sites for hydroxylation is 2. The maximum atomic E-state index is 9.24. The summed E-state index contributed by atoms with van der Waals surface area (Å²) in [6.45, 7) is 3.90. The number of benzene rings is 1. The van der Waals surface area contributed by atoms with E-state index in [4.69, 9.17) is 16.3 Å². The van der Waals surface area contributed by atoms with Gasteiger partial charge in [0.2, 0.25) is 0 Å². The summed E-state index contributed by atoms with van der Waals surface area (Å²) in [7, 11) is 1.64. The van der Waals surface area contributed by atoms with Gasteiger partial charge in [0.1, 0.15) is 5.75 Å². The van der Waals surface area contributed by atoms with Crippen molar-refractivity contribution in [1.82, 2.24) is 4.98 Å². The lowest BCUT2D eigenvalue weighted by Crippen LogP contribution is -1.92. The molecule has 0 saturated carbocycles. The topological polar surface area (TPSA) is 45.2 Å². The minimum absolute atomic E-state index is 0.0181.